The molecule has 146 valence electrons. The lowest BCUT2D eigenvalue weighted by atomic mass is 9.81. The summed E-state index contributed by atoms with van der Waals surface area (Å²) in [5.74, 6) is 3.00. The van der Waals surface area contributed by atoms with E-state index < -0.39 is 5.97 Å². The molecule has 1 saturated heterocycles. The lowest BCUT2D eigenvalue weighted by Crippen LogP contribution is -2.31. The molecular weight excluding hydrogens is 374 g/mol. The molecule has 4 rings (SSSR count). The third-order valence-electron chi connectivity index (χ3n) is 5.56. The van der Waals surface area contributed by atoms with Crippen LogP contribution < -0.4 is 9.47 Å². The zero-order valence-electron chi connectivity index (χ0n) is 16.2. The van der Waals surface area contributed by atoms with E-state index in [1.165, 1.54) is 5.56 Å². The number of methoxy groups -OCH3 is 2. The number of thioether (sulfide) groups is 1. The van der Waals surface area contributed by atoms with Gasteiger partial charge in [-0.05, 0) is 54.5 Å². The molecule has 1 N–H and O–H groups in total. The number of rotatable bonds is 4. The fraction of sp³-hybridized carbons (Fsp3) is 0.364. The molecule has 0 spiro atoms. The number of aryl methyl sites for hydroxylation is 1. The van der Waals surface area contributed by atoms with E-state index >= 15 is 0 Å². The van der Waals surface area contributed by atoms with Crippen molar-refractivity contribution in [1.82, 2.24) is 0 Å². The molecule has 0 bridgehead atoms. The van der Waals surface area contributed by atoms with E-state index in [0.717, 1.165) is 46.1 Å². The zero-order valence-corrected chi connectivity index (χ0v) is 17.0. The summed E-state index contributed by atoms with van der Waals surface area (Å²) < 4.78 is 11.1. The van der Waals surface area contributed by atoms with Gasteiger partial charge in [-0.2, -0.15) is 11.8 Å². The molecule has 2 aromatic carbocycles. The van der Waals surface area contributed by atoms with Gasteiger partial charge < -0.3 is 14.6 Å². The maximum atomic E-state index is 11.4. The van der Waals surface area contributed by atoms with Crippen molar-refractivity contribution >= 4 is 23.4 Å². The molecule has 2 heterocycles. The third-order valence-corrected chi connectivity index (χ3v) is 6.67. The Morgan fingerprint density at radius 1 is 1.18 bits per heavy atom. The van der Waals surface area contributed by atoms with E-state index in [4.69, 9.17) is 14.5 Å². The van der Waals surface area contributed by atoms with Crippen LogP contribution in [0.1, 0.15) is 45.0 Å². The molecule has 0 saturated carbocycles. The van der Waals surface area contributed by atoms with Crippen molar-refractivity contribution in [2.24, 2.45) is 4.99 Å². The summed E-state index contributed by atoms with van der Waals surface area (Å²) >= 11 is 1.97. The van der Waals surface area contributed by atoms with Crippen LogP contribution >= 0.6 is 11.8 Å². The number of aromatic carboxylic acids is 1. The molecule has 5 nitrogen and oxygen atoms in total. The predicted octanol–water partition coefficient (Wildman–Crippen LogP) is 4.15. The van der Waals surface area contributed by atoms with E-state index in [1.54, 1.807) is 20.3 Å². The van der Waals surface area contributed by atoms with Crippen LogP contribution in [0.5, 0.6) is 11.5 Å². The zero-order chi connectivity index (χ0) is 19.8. The molecule has 0 aromatic heterocycles. The minimum atomic E-state index is -0.911. The van der Waals surface area contributed by atoms with Crippen molar-refractivity contribution in [2.75, 3.05) is 25.7 Å². The average molecular weight is 397 g/mol. The second kappa shape index (κ2) is 7.51. The van der Waals surface area contributed by atoms with Gasteiger partial charge in [-0.1, -0.05) is 6.07 Å². The summed E-state index contributed by atoms with van der Waals surface area (Å²) in [6.45, 7) is 1.83. The van der Waals surface area contributed by atoms with Crippen molar-refractivity contribution in [3.8, 4) is 11.5 Å². The molecule has 1 fully saturated rings. The van der Waals surface area contributed by atoms with E-state index in [2.05, 4.69) is 6.07 Å². The predicted molar refractivity (Wildman–Crippen MR) is 112 cm³/mol. The van der Waals surface area contributed by atoms with Crippen LogP contribution in [0, 0.1) is 6.92 Å². The standard InChI is InChI=1S/C22H23NO4S/c1-12-8-13(4-5-14(12)22(24)25)21-16-10-20(27-3)19(26-2)9-15(16)17-11-28-7-6-18(17)23-21/h4-5,8-10,17-18H,6-7,11H2,1-3H3,(H,24,25)/t17-,18-/m1/s1. The highest BCUT2D eigenvalue weighted by molar-refractivity contribution is 7.99. The molecule has 2 atom stereocenters. The van der Waals surface area contributed by atoms with Gasteiger partial charge in [0.25, 0.3) is 0 Å². The summed E-state index contributed by atoms with van der Waals surface area (Å²) in [6.07, 6.45) is 1.04. The molecule has 0 aliphatic carbocycles. The lowest BCUT2D eigenvalue weighted by Gasteiger charge is -2.35. The fourth-order valence-electron chi connectivity index (χ4n) is 4.10. The quantitative estimate of drug-likeness (QED) is 0.839. The van der Waals surface area contributed by atoms with E-state index in [9.17, 15) is 9.90 Å². The molecule has 2 aliphatic rings. The monoisotopic (exact) mass is 397 g/mol. The van der Waals surface area contributed by atoms with Crippen LogP contribution in [0.25, 0.3) is 0 Å². The number of carboxylic acids is 1. The molecule has 0 amide bonds. The van der Waals surface area contributed by atoms with Gasteiger partial charge >= 0.3 is 5.97 Å². The summed E-state index contributed by atoms with van der Waals surface area (Å²) in [5.41, 5.74) is 5.18. The maximum absolute atomic E-state index is 11.4. The minimum Gasteiger partial charge on any atom is -0.493 e. The molecular formula is C22H23NO4S. The summed E-state index contributed by atoms with van der Waals surface area (Å²) in [7, 11) is 3.29. The van der Waals surface area contributed by atoms with Crippen LogP contribution in [-0.4, -0.2) is 48.6 Å². The smallest absolute Gasteiger partial charge is 0.335 e. The molecule has 28 heavy (non-hydrogen) atoms. The van der Waals surface area contributed by atoms with Gasteiger partial charge in [0.1, 0.15) is 0 Å². The second-order valence-corrected chi connectivity index (χ2v) is 8.29. The van der Waals surface area contributed by atoms with Gasteiger partial charge in [-0.3, -0.25) is 4.99 Å². The number of benzene rings is 2. The first-order chi connectivity index (χ1) is 13.5. The van der Waals surface area contributed by atoms with E-state index in [-0.39, 0.29) is 6.04 Å². The third kappa shape index (κ3) is 3.15. The Hall–Kier alpha value is -2.47. The first kappa shape index (κ1) is 18.9. The number of aliphatic imine (C=N–C) groups is 1. The molecule has 2 aliphatic heterocycles. The van der Waals surface area contributed by atoms with Crippen molar-refractivity contribution in [2.45, 2.75) is 25.3 Å². The number of hydrogen-bond acceptors (Lipinski definition) is 5. The largest absolute Gasteiger partial charge is 0.493 e. The highest BCUT2D eigenvalue weighted by atomic mass is 32.2. The first-order valence-electron chi connectivity index (χ1n) is 9.29. The van der Waals surface area contributed by atoms with Gasteiger partial charge in [-0.25, -0.2) is 4.79 Å². The number of ether oxygens (including phenoxy) is 2. The molecule has 0 radical (unpaired) electrons. The van der Waals surface area contributed by atoms with Crippen LogP contribution in [0.4, 0.5) is 0 Å². The average Bonchev–Trinajstić information content (AvgIpc) is 2.71. The minimum absolute atomic E-state index is 0.237. The second-order valence-electron chi connectivity index (χ2n) is 7.14. The van der Waals surface area contributed by atoms with Crippen molar-refractivity contribution in [3.05, 3.63) is 58.1 Å². The maximum Gasteiger partial charge on any atom is 0.335 e. The number of carboxylic acid groups (broad SMARTS) is 1. The normalized spacial score (nSPS) is 20.6. The van der Waals surface area contributed by atoms with Gasteiger partial charge in [0.05, 0.1) is 31.5 Å². The highest BCUT2D eigenvalue weighted by Gasteiger charge is 2.35. The Bertz CT molecular complexity index is 969. The first-order valence-corrected chi connectivity index (χ1v) is 10.4. The Labute approximate surface area is 168 Å². The van der Waals surface area contributed by atoms with Crippen LogP contribution in [-0.2, 0) is 0 Å². The van der Waals surface area contributed by atoms with Gasteiger partial charge in [0.15, 0.2) is 11.5 Å². The van der Waals surface area contributed by atoms with Gasteiger partial charge in [0.2, 0.25) is 0 Å². The topological polar surface area (TPSA) is 68.1 Å². The van der Waals surface area contributed by atoms with Crippen LogP contribution in [0.15, 0.2) is 35.3 Å². The molecule has 0 unspecified atom stereocenters. The van der Waals surface area contributed by atoms with E-state index in [1.807, 2.05) is 36.9 Å². The molecule has 2 aromatic rings. The number of nitrogens with zero attached hydrogens (tertiary/aromatic N) is 1. The van der Waals surface area contributed by atoms with Crippen molar-refractivity contribution in [3.63, 3.8) is 0 Å². The van der Waals surface area contributed by atoms with Crippen LogP contribution in [0.2, 0.25) is 0 Å². The summed E-state index contributed by atoms with van der Waals surface area (Å²) in [4.78, 5) is 16.5. The summed E-state index contributed by atoms with van der Waals surface area (Å²) in [5, 5.41) is 9.34. The number of carbonyl (C=O) groups is 1. The van der Waals surface area contributed by atoms with E-state index in [0.29, 0.717) is 17.2 Å². The number of fused-ring (bicyclic) bond motifs is 3. The molecule has 6 heteroatoms. The Balaban J connectivity index is 1.89. The van der Waals surface area contributed by atoms with Gasteiger partial charge in [-0.15, -0.1) is 0 Å². The Morgan fingerprint density at radius 2 is 1.93 bits per heavy atom. The summed E-state index contributed by atoms with van der Waals surface area (Å²) in [6, 6.07) is 9.77. The Morgan fingerprint density at radius 3 is 2.61 bits per heavy atom. The lowest BCUT2D eigenvalue weighted by molar-refractivity contribution is 0.0696. The van der Waals surface area contributed by atoms with Gasteiger partial charge in [0, 0.05) is 22.8 Å². The van der Waals surface area contributed by atoms with Crippen molar-refractivity contribution in [1.29, 1.82) is 0 Å². The van der Waals surface area contributed by atoms with Crippen LogP contribution in [0.3, 0.4) is 0 Å². The van der Waals surface area contributed by atoms with Crippen molar-refractivity contribution < 1.29 is 19.4 Å². The number of hydrogen-bond donors (Lipinski definition) is 1. The Kier molecular flexibility index (Phi) is 5.06. The highest BCUT2D eigenvalue weighted by Crippen LogP contribution is 2.43. The fourth-order valence-corrected chi connectivity index (χ4v) is 5.33. The SMILES string of the molecule is COc1cc2c(cc1OC)[C@H]1CSCC[C@H]1N=C2c1ccc(C(=O)O)c(C)c1.